The maximum atomic E-state index is 12.4. The highest BCUT2D eigenvalue weighted by Crippen LogP contribution is 2.19. The van der Waals surface area contributed by atoms with Gasteiger partial charge in [0.1, 0.15) is 0 Å². The van der Waals surface area contributed by atoms with Gasteiger partial charge in [0.25, 0.3) is 15.9 Å². The van der Waals surface area contributed by atoms with Crippen LogP contribution in [0.15, 0.2) is 60.1 Å². The lowest BCUT2D eigenvalue weighted by atomic mass is 10.2. The molecule has 1 heterocycles. The summed E-state index contributed by atoms with van der Waals surface area (Å²) < 4.78 is 25.9. The van der Waals surface area contributed by atoms with E-state index < -0.39 is 15.9 Å². The molecule has 3 aromatic rings. The number of carbonyl (C=O) groups is 1. The molecule has 1 amide bonds. The van der Waals surface area contributed by atoms with E-state index in [4.69, 9.17) is 0 Å². The number of hydrogen-bond donors (Lipinski definition) is 2. The molecule has 1 aromatic heterocycles. The molecule has 0 bridgehead atoms. The number of aromatic nitrogens is 1. The molecule has 26 heavy (non-hydrogen) atoms. The van der Waals surface area contributed by atoms with Gasteiger partial charge in [-0.05, 0) is 24.6 Å². The zero-order valence-corrected chi connectivity index (χ0v) is 15.2. The van der Waals surface area contributed by atoms with E-state index in [9.17, 15) is 13.2 Å². The third-order valence-corrected chi connectivity index (χ3v) is 4.85. The first-order valence-electron chi connectivity index (χ1n) is 7.97. The second-order valence-electron chi connectivity index (χ2n) is 5.99. The van der Waals surface area contributed by atoms with Gasteiger partial charge in [-0.1, -0.05) is 48.0 Å². The van der Waals surface area contributed by atoms with E-state index in [0.717, 1.165) is 27.4 Å². The zero-order chi connectivity index (χ0) is 18.7. The van der Waals surface area contributed by atoms with Gasteiger partial charge in [-0.3, -0.25) is 10.2 Å². The Hall–Kier alpha value is -2.90. The summed E-state index contributed by atoms with van der Waals surface area (Å²) in [7, 11) is -1.98. The lowest BCUT2D eigenvalue weighted by Gasteiger charge is -2.05. The number of fused-ring (bicyclic) bond motifs is 1. The van der Waals surface area contributed by atoms with Crippen molar-refractivity contribution in [2.75, 3.05) is 0 Å². The van der Waals surface area contributed by atoms with Crippen LogP contribution in [0.3, 0.4) is 0 Å². The number of amides is 1. The predicted octanol–water partition coefficient (Wildman–Crippen LogP) is 2.72. The summed E-state index contributed by atoms with van der Waals surface area (Å²) in [5, 5.41) is 1.77. The second-order valence-corrected chi connectivity index (χ2v) is 7.55. The van der Waals surface area contributed by atoms with Gasteiger partial charge in [0.2, 0.25) is 0 Å². The van der Waals surface area contributed by atoms with Crippen molar-refractivity contribution in [3.63, 3.8) is 0 Å². The average Bonchev–Trinajstić information content (AvgIpc) is 2.97. The van der Waals surface area contributed by atoms with Crippen LogP contribution < -0.4 is 10.3 Å². The van der Waals surface area contributed by atoms with Gasteiger partial charge in [0, 0.05) is 29.6 Å². The highest BCUT2D eigenvalue weighted by atomic mass is 32.2. The first kappa shape index (κ1) is 17.9. The van der Waals surface area contributed by atoms with Crippen LogP contribution >= 0.6 is 0 Å². The van der Waals surface area contributed by atoms with Crippen molar-refractivity contribution in [3.05, 3.63) is 76.8 Å². The number of aryl methyl sites for hydroxylation is 2. The quantitative estimate of drug-likeness (QED) is 0.679. The van der Waals surface area contributed by atoms with Crippen molar-refractivity contribution in [1.29, 1.82) is 0 Å². The van der Waals surface area contributed by atoms with Gasteiger partial charge >= 0.3 is 0 Å². The van der Waals surface area contributed by atoms with Crippen LogP contribution in [0.25, 0.3) is 17.0 Å². The molecule has 0 atom stereocenters. The molecule has 6 nitrogen and oxygen atoms in total. The van der Waals surface area contributed by atoms with E-state index in [2.05, 4.69) is 10.3 Å². The molecule has 3 rings (SSSR count). The summed E-state index contributed by atoms with van der Waals surface area (Å²) in [4.78, 5) is 14.4. The number of nitrogens with zero attached hydrogens (tertiary/aromatic N) is 1. The van der Waals surface area contributed by atoms with E-state index in [1.807, 2.05) is 67.1 Å². The van der Waals surface area contributed by atoms with E-state index in [1.165, 1.54) is 6.08 Å². The molecular weight excluding hydrogens is 350 g/mol. The number of rotatable bonds is 5. The van der Waals surface area contributed by atoms with E-state index in [-0.39, 0.29) is 0 Å². The molecule has 0 aliphatic rings. The summed E-state index contributed by atoms with van der Waals surface area (Å²) in [6, 6.07) is 14.8. The third-order valence-electron chi connectivity index (χ3n) is 3.97. The predicted molar refractivity (Wildman–Crippen MR) is 103 cm³/mol. The molecule has 0 saturated heterocycles. The average molecular weight is 369 g/mol. The Labute approximate surface area is 152 Å². The van der Waals surface area contributed by atoms with Gasteiger partial charge in [-0.25, -0.2) is 8.42 Å². The first-order valence-corrected chi connectivity index (χ1v) is 9.51. The standard InChI is InChI=1S/C19H19N3O3S/c1-14-7-9-15(10-8-14)11-12-26(24,25)21-20-19(23)17-13-22(2)18-6-4-3-5-16(17)18/h3-13,21H,1-2H3,(H,20,23). The smallest absolute Gasteiger partial charge is 0.268 e. The SMILES string of the molecule is Cc1ccc(C=CS(=O)(=O)NNC(=O)c2cn(C)c3ccccc23)cc1. The Morgan fingerprint density at radius 1 is 1.08 bits per heavy atom. The van der Waals surface area contributed by atoms with E-state index in [1.54, 1.807) is 6.20 Å². The Balaban J connectivity index is 1.70. The molecule has 2 N–H and O–H groups in total. The minimum absolute atomic E-state index is 0.397. The maximum Gasteiger partial charge on any atom is 0.268 e. The Morgan fingerprint density at radius 3 is 2.50 bits per heavy atom. The Morgan fingerprint density at radius 2 is 1.77 bits per heavy atom. The normalized spacial score (nSPS) is 11.9. The van der Waals surface area contributed by atoms with Gasteiger partial charge in [0.05, 0.1) is 5.56 Å². The number of benzene rings is 2. The second kappa shape index (κ2) is 7.15. The molecule has 0 radical (unpaired) electrons. The number of para-hydroxylation sites is 1. The van der Waals surface area contributed by atoms with E-state index >= 15 is 0 Å². The van der Waals surface area contributed by atoms with Crippen molar-refractivity contribution in [2.24, 2.45) is 7.05 Å². The van der Waals surface area contributed by atoms with Crippen LogP contribution in [-0.4, -0.2) is 18.9 Å². The van der Waals surface area contributed by atoms with Crippen molar-refractivity contribution >= 4 is 32.9 Å². The van der Waals surface area contributed by atoms with Gasteiger partial charge in [-0.2, -0.15) is 0 Å². The fourth-order valence-corrected chi connectivity index (χ4v) is 3.23. The minimum Gasteiger partial charge on any atom is -0.350 e. The number of sulfonamides is 1. The molecule has 0 aliphatic heterocycles. The van der Waals surface area contributed by atoms with E-state index in [0.29, 0.717) is 5.56 Å². The largest absolute Gasteiger partial charge is 0.350 e. The molecule has 2 aromatic carbocycles. The third kappa shape index (κ3) is 4.01. The molecular formula is C19H19N3O3S. The molecule has 0 saturated carbocycles. The number of hydrogen-bond acceptors (Lipinski definition) is 3. The van der Waals surface area contributed by atoms with Crippen LogP contribution in [0.1, 0.15) is 21.5 Å². The van der Waals surface area contributed by atoms with Crippen LogP contribution in [0, 0.1) is 6.92 Å². The van der Waals surface area contributed by atoms with Crippen molar-refractivity contribution in [2.45, 2.75) is 6.92 Å². The molecule has 7 heteroatoms. The number of hydrazine groups is 1. The Bertz CT molecular complexity index is 1080. The zero-order valence-electron chi connectivity index (χ0n) is 14.4. The molecule has 0 fully saturated rings. The lowest BCUT2D eigenvalue weighted by Crippen LogP contribution is -2.40. The summed E-state index contributed by atoms with van der Waals surface area (Å²) in [6.45, 7) is 1.95. The monoisotopic (exact) mass is 369 g/mol. The molecule has 134 valence electrons. The number of carbonyl (C=O) groups excluding carboxylic acids is 1. The molecule has 0 aliphatic carbocycles. The highest BCUT2D eigenvalue weighted by molar-refractivity contribution is 7.92. The van der Waals surface area contributed by atoms with Crippen molar-refractivity contribution in [1.82, 2.24) is 14.8 Å². The topological polar surface area (TPSA) is 80.2 Å². The van der Waals surface area contributed by atoms with Crippen molar-refractivity contribution in [3.8, 4) is 0 Å². The molecule has 0 unspecified atom stereocenters. The minimum atomic E-state index is -3.81. The maximum absolute atomic E-state index is 12.4. The van der Waals surface area contributed by atoms with Crippen molar-refractivity contribution < 1.29 is 13.2 Å². The lowest BCUT2D eigenvalue weighted by molar-refractivity contribution is 0.0947. The van der Waals surface area contributed by atoms with Crippen LogP contribution in [0.2, 0.25) is 0 Å². The Kier molecular flexibility index (Phi) is 4.92. The summed E-state index contributed by atoms with van der Waals surface area (Å²) in [6.07, 6.45) is 3.13. The number of nitrogens with one attached hydrogen (secondary N) is 2. The fraction of sp³-hybridized carbons (Fsp3) is 0.105. The van der Waals surface area contributed by atoms with Crippen LogP contribution in [0.5, 0.6) is 0 Å². The van der Waals surface area contributed by atoms with Crippen LogP contribution in [-0.2, 0) is 17.1 Å². The van der Waals surface area contributed by atoms with Gasteiger partial charge in [-0.15, -0.1) is 4.83 Å². The van der Waals surface area contributed by atoms with Gasteiger partial charge in [0.15, 0.2) is 0 Å². The van der Waals surface area contributed by atoms with Crippen LogP contribution in [0.4, 0.5) is 0 Å². The first-order chi connectivity index (χ1) is 12.4. The molecule has 0 spiro atoms. The van der Waals surface area contributed by atoms with Gasteiger partial charge < -0.3 is 4.57 Å². The fourth-order valence-electron chi connectivity index (χ4n) is 2.59. The summed E-state index contributed by atoms with van der Waals surface area (Å²) >= 11 is 0. The highest BCUT2D eigenvalue weighted by Gasteiger charge is 2.15. The summed E-state index contributed by atoms with van der Waals surface area (Å²) in [5.41, 5.74) is 5.37. The summed E-state index contributed by atoms with van der Waals surface area (Å²) in [5.74, 6) is -0.519.